The number of nitrogens with one attached hydrogen (secondary N) is 1. The third-order valence-corrected chi connectivity index (χ3v) is 4.17. The lowest BCUT2D eigenvalue weighted by Crippen LogP contribution is -2.08. The molecule has 1 unspecified atom stereocenters. The van der Waals surface area contributed by atoms with E-state index < -0.39 is 0 Å². The first-order valence-electron chi connectivity index (χ1n) is 6.84. The van der Waals surface area contributed by atoms with E-state index in [0.29, 0.717) is 0 Å². The number of nitro benzene ring substituents is 1. The molecule has 0 aliphatic heterocycles. The summed E-state index contributed by atoms with van der Waals surface area (Å²) in [5.41, 5.74) is 4.48. The highest BCUT2D eigenvalue weighted by Gasteiger charge is 2.23. The molecule has 108 valence electrons. The van der Waals surface area contributed by atoms with Crippen molar-refractivity contribution in [1.82, 2.24) is 0 Å². The largest absolute Gasteiger partial charge is 0.378 e. The van der Waals surface area contributed by atoms with E-state index in [9.17, 15) is 10.1 Å². The Morgan fingerprint density at radius 2 is 2.10 bits per heavy atom. The predicted molar refractivity (Wildman–Crippen MR) is 84.0 cm³/mol. The number of aryl methyl sites for hydroxylation is 2. The number of nitro groups is 1. The van der Waals surface area contributed by atoms with Crippen molar-refractivity contribution in [2.45, 2.75) is 25.8 Å². The van der Waals surface area contributed by atoms with Gasteiger partial charge in [0, 0.05) is 22.8 Å². The summed E-state index contributed by atoms with van der Waals surface area (Å²) in [5.74, 6) is 0. The topological polar surface area (TPSA) is 55.2 Å². The van der Waals surface area contributed by atoms with Gasteiger partial charge in [-0.2, -0.15) is 0 Å². The Hall–Kier alpha value is -2.07. The van der Waals surface area contributed by atoms with Gasteiger partial charge in [0.05, 0.1) is 11.0 Å². The van der Waals surface area contributed by atoms with E-state index in [1.807, 2.05) is 19.1 Å². The number of nitrogens with zero attached hydrogens (tertiary/aromatic N) is 1. The summed E-state index contributed by atoms with van der Waals surface area (Å²) in [6, 6.07) is 11.1. The fraction of sp³-hybridized carbons (Fsp3) is 0.250. The Kier molecular flexibility index (Phi) is 3.55. The van der Waals surface area contributed by atoms with Crippen LogP contribution in [0.3, 0.4) is 0 Å². The normalized spacial score (nSPS) is 16.6. The summed E-state index contributed by atoms with van der Waals surface area (Å²) in [4.78, 5) is 10.4. The second-order valence-corrected chi connectivity index (χ2v) is 5.77. The molecule has 0 fully saturated rings. The Bertz CT molecular complexity index is 715. The van der Waals surface area contributed by atoms with Gasteiger partial charge in [-0.25, -0.2) is 0 Å². The number of fused-ring (bicyclic) bond motifs is 1. The van der Waals surface area contributed by atoms with Crippen molar-refractivity contribution in [2.75, 3.05) is 5.32 Å². The Labute approximate surface area is 127 Å². The molecule has 0 bridgehead atoms. The first-order chi connectivity index (χ1) is 10.0. The number of hydrogen-bond donors (Lipinski definition) is 1. The van der Waals surface area contributed by atoms with Gasteiger partial charge in [0.2, 0.25) is 0 Å². The van der Waals surface area contributed by atoms with Crippen LogP contribution in [-0.4, -0.2) is 4.92 Å². The monoisotopic (exact) mass is 302 g/mol. The van der Waals surface area contributed by atoms with Crippen LogP contribution < -0.4 is 5.32 Å². The van der Waals surface area contributed by atoms with Crippen molar-refractivity contribution in [3.63, 3.8) is 0 Å². The van der Waals surface area contributed by atoms with Crippen molar-refractivity contribution in [1.29, 1.82) is 0 Å². The van der Waals surface area contributed by atoms with Gasteiger partial charge in [0.15, 0.2) is 0 Å². The van der Waals surface area contributed by atoms with Gasteiger partial charge in [0.25, 0.3) is 5.69 Å². The van der Waals surface area contributed by atoms with Crippen LogP contribution in [0.1, 0.15) is 29.2 Å². The van der Waals surface area contributed by atoms with Crippen LogP contribution in [0.5, 0.6) is 0 Å². The van der Waals surface area contributed by atoms with Gasteiger partial charge in [0.1, 0.15) is 0 Å². The minimum Gasteiger partial charge on any atom is -0.378 e. The summed E-state index contributed by atoms with van der Waals surface area (Å²) < 4.78 is 0. The van der Waals surface area contributed by atoms with E-state index in [1.54, 1.807) is 12.1 Å². The molecule has 1 atom stereocenters. The summed E-state index contributed by atoms with van der Waals surface area (Å²) >= 11 is 6.02. The van der Waals surface area contributed by atoms with Crippen LogP contribution in [0.15, 0.2) is 36.4 Å². The summed E-state index contributed by atoms with van der Waals surface area (Å²) in [6.07, 6.45) is 2.01. The summed E-state index contributed by atoms with van der Waals surface area (Å²) in [5, 5.41) is 15.0. The van der Waals surface area contributed by atoms with E-state index >= 15 is 0 Å². The van der Waals surface area contributed by atoms with Crippen LogP contribution in [0.25, 0.3) is 0 Å². The predicted octanol–water partition coefficient (Wildman–Crippen LogP) is 4.66. The van der Waals surface area contributed by atoms with E-state index in [-0.39, 0.29) is 16.7 Å². The third kappa shape index (κ3) is 2.72. The SMILES string of the molecule is Cc1cc([N+](=O)[O-])ccc1NC1CCc2cc(Cl)ccc21. The second-order valence-electron chi connectivity index (χ2n) is 5.34. The molecule has 0 heterocycles. The van der Waals surface area contributed by atoms with Gasteiger partial charge in [-0.05, 0) is 54.7 Å². The lowest BCUT2D eigenvalue weighted by Gasteiger charge is -2.17. The van der Waals surface area contributed by atoms with Crippen LogP contribution in [0.2, 0.25) is 5.02 Å². The minimum atomic E-state index is -0.371. The molecule has 2 aromatic carbocycles. The van der Waals surface area contributed by atoms with Gasteiger partial charge < -0.3 is 5.32 Å². The number of hydrogen-bond acceptors (Lipinski definition) is 3. The van der Waals surface area contributed by atoms with E-state index in [1.165, 1.54) is 17.2 Å². The average molecular weight is 303 g/mol. The molecular weight excluding hydrogens is 288 g/mol. The highest BCUT2D eigenvalue weighted by molar-refractivity contribution is 6.30. The Balaban J connectivity index is 1.84. The summed E-state index contributed by atoms with van der Waals surface area (Å²) in [6.45, 7) is 1.88. The van der Waals surface area contributed by atoms with Crippen molar-refractivity contribution >= 4 is 23.0 Å². The first kappa shape index (κ1) is 13.9. The molecular formula is C16H15ClN2O2. The van der Waals surface area contributed by atoms with Crippen molar-refractivity contribution in [3.05, 3.63) is 68.2 Å². The van der Waals surface area contributed by atoms with Crippen LogP contribution in [0.4, 0.5) is 11.4 Å². The average Bonchev–Trinajstić information content (AvgIpc) is 2.83. The highest BCUT2D eigenvalue weighted by atomic mass is 35.5. The molecule has 0 amide bonds. The molecule has 0 aromatic heterocycles. The summed E-state index contributed by atoms with van der Waals surface area (Å²) in [7, 11) is 0. The molecule has 4 nitrogen and oxygen atoms in total. The van der Waals surface area contributed by atoms with Crippen LogP contribution in [-0.2, 0) is 6.42 Å². The molecule has 0 radical (unpaired) electrons. The molecule has 1 N–H and O–H groups in total. The Morgan fingerprint density at radius 1 is 1.29 bits per heavy atom. The zero-order valence-electron chi connectivity index (χ0n) is 11.6. The maximum Gasteiger partial charge on any atom is 0.269 e. The molecule has 2 aromatic rings. The third-order valence-electron chi connectivity index (χ3n) is 3.93. The molecule has 1 aliphatic carbocycles. The highest BCUT2D eigenvalue weighted by Crippen LogP contribution is 2.36. The first-order valence-corrected chi connectivity index (χ1v) is 7.22. The standard InChI is InChI=1S/C16H15ClN2O2/c1-10-8-13(19(20)21)4-7-15(10)18-16-6-2-11-9-12(17)3-5-14(11)16/h3-5,7-9,16,18H,2,6H2,1H3. The molecule has 1 aliphatic rings. The number of halogens is 1. The van der Waals surface area contributed by atoms with Crippen LogP contribution in [0, 0.1) is 17.0 Å². The Morgan fingerprint density at radius 3 is 2.81 bits per heavy atom. The van der Waals surface area contributed by atoms with Gasteiger partial charge in [-0.15, -0.1) is 0 Å². The smallest absolute Gasteiger partial charge is 0.269 e. The molecule has 0 spiro atoms. The lowest BCUT2D eigenvalue weighted by molar-refractivity contribution is -0.384. The van der Waals surface area contributed by atoms with Gasteiger partial charge in [-0.1, -0.05) is 17.7 Å². The minimum absolute atomic E-state index is 0.122. The molecule has 3 rings (SSSR count). The van der Waals surface area contributed by atoms with Gasteiger partial charge >= 0.3 is 0 Å². The number of anilines is 1. The second kappa shape index (κ2) is 5.37. The molecule has 0 saturated heterocycles. The fourth-order valence-corrected chi connectivity index (χ4v) is 3.04. The molecule has 21 heavy (non-hydrogen) atoms. The zero-order chi connectivity index (χ0) is 15.0. The van der Waals surface area contributed by atoms with Crippen LogP contribution >= 0.6 is 11.6 Å². The maximum absolute atomic E-state index is 10.8. The van der Waals surface area contributed by atoms with E-state index in [2.05, 4.69) is 11.4 Å². The number of rotatable bonds is 3. The van der Waals surface area contributed by atoms with Crippen molar-refractivity contribution < 1.29 is 4.92 Å². The van der Waals surface area contributed by atoms with E-state index in [4.69, 9.17) is 11.6 Å². The van der Waals surface area contributed by atoms with Crippen molar-refractivity contribution in [2.24, 2.45) is 0 Å². The number of non-ortho nitro benzene ring substituents is 1. The fourth-order valence-electron chi connectivity index (χ4n) is 2.85. The quantitative estimate of drug-likeness (QED) is 0.663. The molecule has 0 saturated carbocycles. The zero-order valence-corrected chi connectivity index (χ0v) is 12.4. The molecule has 5 heteroatoms. The lowest BCUT2D eigenvalue weighted by atomic mass is 10.1. The van der Waals surface area contributed by atoms with Crippen molar-refractivity contribution in [3.8, 4) is 0 Å². The number of benzene rings is 2. The van der Waals surface area contributed by atoms with Gasteiger partial charge in [-0.3, -0.25) is 10.1 Å². The maximum atomic E-state index is 10.8. The van der Waals surface area contributed by atoms with E-state index in [0.717, 1.165) is 29.1 Å².